The molecular formula is C32H30N2O7S. The molecule has 2 aliphatic heterocycles. The highest BCUT2D eigenvalue weighted by atomic mass is 32.1. The Morgan fingerprint density at radius 2 is 1.86 bits per heavy atom. The van der Waals surface area contributed by atoms with Crippen LogP contribution in [0.25, 0.3) is 16.0 Å². The summed E-state index contributed by atoms with van der Waals surface area (Å²) in [5.41, 5.74) is 2.54. The van der Waals surface area contributed by atoms with E-state index in [-0.39, 0.29) is 17.4 Å². The normalized spacial score (nSPS) is 19.2. The van der Waals surface area contributed by atoms with Gasteiger partial charge in [-0.25, -0.2) is 4.98 Å². The zero-order valence-corrected chi connectivity index (χ0v) is 24.5. The molecule has 0 aliphatic carbocycles. The van der Waals surface area contributed by atoms with Gasteiger partial charge in [0.05, 0.1) is 42.2 Å². The van der Waals surface area contributed by atoms with Crippen LogP contribution in [-0.4, -0.2) is 48.2 Å². The maximum atomic E-state index is 13.7. The molecule has 1 N–H and O–H groups in total. The van der Waals surface area contributed by atoms with Crippen LogP contribution >= 0.6 is 11.3 Å². The summed E-state index contributed by atoms with van der Waals surface area (Å²) >= 11 is 1.27. The van der Waals surface area contributed by atoms with E-state index in [9.17, 15) is 14.7 Å². The summed E-state index contributed by atoms with van der Waals surface area (Å²) in [4.78, 5) is 33.5. The second-order valence-corrected chi connectivity index (χ2v) is 11.0. The van der Waals surface area contributed by atoms with Crippen molar-refractivity contribution in [3.8, 4) is 23.0 Å². The summed E-state index contributed by atoms with van der Waals surface area (Å²) in [5, 5.41) is 12.0. The van der Waals surface area contributed by atoms with Gasteiger partial charge in [0.25, 0.3) is 5.78 Å². The maximum Gasteiger partial charge on any atom is 0.301 e. The van der Waals surface area contributed by atoms with Crippen LogP contribution in [0, 0.1) is 0 Å². The van der Waals surface area contributed by atoms with Gasteiger partial charge in [-0.2, -0.15) is 0 Å². The molecule has 216 valence electrons. The third-order valence-corrected chi connectivity index (χ3v) is 8.30. The summed E-state index contributed by atoms with van der Waals surface area (Å²) in [7, 11) is 1.52. The number of carbonyl (C=O) groups excluding carboxylic acids is 2. The molecule has 2 atom stereocenters. The Kier molecular flexibility index (Phi) is 7.24. The predicted molar refractivity (Wildman–Crippen MR) is 160 cm³/mol. The number of benzene rings is 3. The Labute approximate surface area is 246 Å². The summed E-state index contributed by atoms with van der Waals surface area (Å²) in [6.45, 7) is 6.69. The van der Waals surface area contributed by atoms with E-state index in [4.69, 9.17) is 23.9 Å². The number of Topliss-reactive ketones (excluding diaryl/α,β-unsaturated/α-hetero) is 1. The van der Waals surface area contributed by atoms with Gasteiger partial charge in [-0.05, 0) is 80.4 Å². The second-order valence-electron chi connectivity index (χ2n) is 10.0. The largest absolute Gasteiger partial charge is 0.507 e. The minimum Gasteiger partial charge on any atom is -0.507 e. The fourth-order valence-electron chi connectivity index (χ4n) is 5.45. The van der Waals surface area contributed by atoms with Crippen molar-refractivity contribution in [2.75, 3.05) is 25.2 Å². The molecule has 0 radical (unpaired) electrons. The summed E-state index contributed by atoms with van der Waals surface area (Å²) < 4.78 is 23.5. The number of aliphatic hydroxyl groups is 1. The van der Waals surface area contributed by atoms with Gasteiger partial charge in [-0.3, -0.25) is 14.5 Å². The number of hydrogen-bond donors (Lipinski definition) is 1. The Morgan fingerprint density at radius 1 is 1.05 bits per heavy atom. The van der Waals surface area contributed by atoms with Gasteiger partial charge < -0.3 is 24.1 Å². The number of hydrogen-bond acceptors (Lipinski definition) is 9. The number of amides is 1. The van der Waals surface area contributed by atoms with Gasteiger partial charge in [0.1, 0.15) is 23.4 Å². The van der Waals surface area contributed by atoms with Gasteiger partial charge in [-0.1, -0.05) is 17.4 Å². The molecule has 1 saturated heterocycles. The van der Waals surface area contributed by atoms with Gasteiger partial charge in [0.2, 0.25) is 0 Å². The van der Waals surface area contributed by atoms with E-state index in [1.165, 1.54) is 23.3 Å². The van der Waals surface area contributed by atoms with Gasteiger partial charge >= 0.3 is 5.91 Å². The van der Waals surface area contributed by atoms with E-state index in [0.717, 1.165) is 16.0 Å². The number of aliphatic hydroxyl groups excluding tert-OH is 1. The average molecular weight is 587 g/mol. The predicted octanol–water partition coefficient (Wildman–Crippen LogP) is 6.05. The molecule has 10 heteroatoms. The number of fused-ring (bicyclic) bond motifs is 2. The van der Waals surface area contributed by atoms with Crippen LogP contribution in [-0.2, 0) is 16.0 Å². The third-order valence-electron chi connectivity index (χ3n) is 7.28. The number of methoxy groups -OCH3 is 1. The van der Waals surface area contributed by atoms with Gasteiger partial charge in [0, 0.05) is 12.0 Å². The van der Waals surface area contributed by atoms with Crippen LogP contribution in [0.1, 0.15) is 43.5 Å². The minimum atomic E-state index is -0.968. The fraction of sp³-hybridized carbons (Fsp3) is 0.281. The molecular weight excluding hydrogens is 556 g/mol. The minimum absolute atomic E-state index is 0.0153. The topological polar surface area (TPSA) is 107 Å². The Morgan fingerprint density at radius 3 is 2.62 bits per heavy atom. The van der Waals surface area contributed by atoms with Crippen LogP contribution in [0.3, 0.4) is 0 Å². The molecule has 0 spiro atoms. The lowest BCUT2D eigenvalue weighted by atomic mass is 9.94. The standard InChI is InChI=1S/C32H30N2O7S/c1-5-39-21-9-10-22-26(16-21)42-32(33-22)34-28(18-7-12-24(40-6-2)25(15-18)38-4)27(30(36)31(34)37)29(35)19-8-11-23-20(14-19)13-17(3)41-23/h7-12,14-17,28,35H,5-6,13H2,1-4H3/b29-27+/t17-,28+/m1/s1. The Bertz CT molecular complexity index is 1740. The lowest BCUT2D eigenvalue weighted by Crippen LogP contribution is -2.29. The number of nitrogens with zero attached hydrogens (tertiary/aromatic N) is 2. The lowest BCUT2D eigenvalue weighted by molar-refractivity contribution is -0.132. The molecule has 3 heterocycles. The highest BCUT2D eigenvalue weighted by Gasteiger charge is 2.48. The molecule has 0 saturated carbocycles. The molecule has 4 aromatic rings. The van der Waals surface area contributed by atoms with Crippen LogP contribution in [0.15, 0.2) is 60.2 Å². The first kappa shape index (κ1) is 27.6. The zero-order valence-electron chi connectivity index (χ0n) is 23.7. The van der Waals surface area contributed by atoms with Crippen LogP contribution < -0.4 is 23.8 Å². The van der Waals surface area contributed by atoms with Crippen molar-refractivity contribution in [1.29, 1.82) is 0 Å². The van der Waals surface area contributed by atoms with Crippen molar-refractivity contribution in [1.82, 2.24) is 4.98 Å². The number of carbonyl (C=O) groups is 2. The molecule has 6 rings (SSSR count). The summed E-state index contributed by atoms with van der Waals surface area (Å²) in [6.07, 6.45) is 0.696. The van der Waals surface area contributed by atoms with E-state index in [0.29, 0.717) is 58.7 Å². The number of rotatable bonds is 8. The fourth-order valence-corrected chi connectivity index (χ4v) is 6.47. The van der Waals surface area contributed by atoms with Crippen molar-refractivity contribution in [2.45, 2.75) is 39.3 Å². The van der Waals surface area contributed by atoms with Gasteiger partial charge in [-0.15, -0.1) is 0 Å². The first-order chi connectivity index (χ1) is 20.3. The van der Waals surface area contributed by atoms with Crippen molar-refractivity contribution < 1.29 is 33.6 Å². The maximum absolute atomic E-state index is 13.7. The quantitative estimate of drug-likeness (QED) is 0.151. The molecule has 3 aromatic carbocycles. The molecule has 2 aliphatic rings. The smallest absolute Gasteiger partial charge is 0.301 e. The van der Waals surface area contributed by atoms with E-state index >= 15 is 0 Å². The SMILES string of the molecule is CCOc1ccc2nc(N3C(=O)C(=O)/C(=C(/O)c4ccc5c(c4)C[C@@H](C)O5)[C@@H]3c3ccc(OCC)c(OC)c3)sc2c1. The molecule has 0 bridgehead atoms. The molecule has 9 nitrogen and oxygen atoms in total. The molecule has 42 heavy (non-hydrogen) atoms. The van der Waals surface area contributed by atoms with E-state index in [1.807, 2.05) is 45.0 Å². The van der Waals surface area contributed by atoms with Crippen molar-refractivity contribution in [2.24, 2.45) is 0 Å². The van der Waals surface area contributed by atoms with E-state index in [1.54, 1.807) is 30.3 Å². The monoisotopic (exact) mass is 586 g/mol. The first-order valence-corrected chi connectivity index (χ1v) is 14.6. The number of ether oxygens (including phenoxy) is 4. The van der Waals surface area contributed by atoms with Gasteiger partial charge in [0.15, 0.2) is 16.6 Å². The molecule has 0 unspecified atom stereocenters. The average Bonchev–Trinajstić information content (AvgIpc) is 3.65. The summed E-state index contributed by atoms with van der Waals surface area (Å²) in [6, 6.07) is 15.0. The Balaban J connectivity index is 1.53. The number of thiazole rings is 1. The molecule has 1 fully saturated rings. The van der Waals surface area contributed by atoms with Crippen molar-refractivity contribution in [3.63, 3.8) is 0 Å². The van der Waals surface area contributed by atoms with Crippen LogP contribution in [0.4, 0.5) is 5.13 Å². The van der Waals surface area contributed by atoms with Crippen LogP contribution in [0.2, 0.25) is 0 Å². The Hall–Kier alpha value is -4.57. The highest BCUT2D eigenvalue weighted by molar-refractivity contribution is 7.22. The number of ketones is 1. The molecule has 1 aromatic heterocycles. The van der Waals surface area contributed by atoms with Crippen LogP contribution in [0.5, 0.6) is 23.0 Å². The third kappa shape index (κ3) is 4.71. The zero-order chi connectivity index (χ0) is 29.5. The molecule has 1 amide bonds. The number of anilines is 1. The van der Waals surface area contributed by atoms with E-state index < -0.39 is 17.7 Å². The van der Waals surface area contributed by atoms with Crippen molar-refractivity contribution in [3.05, 3.63) is 76.9 Å². The van der Waals surface area contributed by atoms with Crippen molar-refractivity contribution >= 4 is 44.1 Å². The second kappa shape index (κ2) is 11.0. The first-order valence-electron chi connectivity index (χ1n) is 13.8. The highest BCUT2D eigenvalue weighted by Crippen LogP contribution is 2.46. The number of aromatic nitrogens is 1. The van der Waals surface area contributed by atoms with E-state index in [2.05, 4.69) is 0 Å². The summed E-state index contributed by atoms with van der Waals surface area (Å²) in [5.74, 6) is 0.543. The lowest BCUT2D eigenvalue weighted by Gasteiger charge is -2.24.